The molecule has 35 heavy (non-hydrogen) atoms. The molecule has 2 aromatic carbocycles. The molecule has 0 unspecified atom stereocenters. The molecule has 2 aliphatic heterocycles. The van der Waals surface area contributed by atoms with E-state index < -0.39 is 0 Å². The highest BCUT2D eigenvalue weighted by Crippen LogP contribution is 2.39. The number of rotatable bonds is 6. The first kappa shape index (κ1) is 24.1. The summed E-state index contributed by atoms with van der Waals surface area (Å²) in [4.78, 5) is 23.8. The molecule has 1 fully saturated rings. The second kappa shape index (κ2) is 10.6. The fourth-order valence-electron chi connectivity index (χ4n) is 4.60. The van der Waals surface area contributed by atoms with Crippen LogP contribution in [0.15, 0.2) is 60.3 Å². The third kappa shape index (κ3) is 5.05. The van der Waals surface area contributed by atoms with Crippen LogP contribution in [0, 0.1) is 0 Å². The maximum atomic E-state index is 13.2. The predicted octanol–water partition coefficient (Wildman–Crippen LogP) is 6.43. The summed E-state index contributed by atoms with van der Waals surface area (Å²) in [6, 6.07) is 11.6. The van der Waals surface area contributed by atoms with Gasteiger partial charge in [0.15, 0.2) is 0 Å². The normalized spacial score (nSPS) is 16.2. The van der Waals surface area contributed by atoms with Crippen LogP contribution in [0.3, 0.4) is 0 Å². The third-order valence-electron chi connectivity index (χ3n) is 6.31. The molecule has 5 rings (SSSR count). The average molecular weight is 526 g/mol. The van der Waals surface area contributed by atoms with Gasteiger partial charge < -0.3 is 10.6 Å². The van der Waals surface area contributed by atoms with E-state index >= 15 is 0 Å². The van der Waals surface area contributed by atoms with Crippen molar-refractivity contribution >= 4 is 58.2 Å². The molecule has 3 heterocycles. The fourth-order valence-corrected chi connectivity index (χ4v) is 6.15. The number of nitrogens with one attached hydrogen (secondary N) is 2. The maximum Gasteiger partial charge on any atom is 0.263 e. The zero-order chi connectivity index (χ0) is 24.4. The van der Waals surface area contributed by atoms with E-state index in [9.17, 15) is 4.79 Å². The maximum absolute atomic E-state index is 13.2. The molecule has 0 spiro atoms. The van der Waals surface area contributed by atoms with Crippen molar-refractivity contribution in [1.29, 1.82) is 0 Å². The van der Waals surface area contributed by atoms with E-state index in [4.69, 9.17) is 23.2 Å². The molecule has 2 N–H and O–H groups in total. The summed E-state index contributed by atoms with van der Waals surface area (Å²) >= 11 is 14.1. The van der Waals surface area contributed by atoms with Crippen LogP contribution in [-0.4, -0.2) is 34.8 Å². The summed E-state index contributed by atoms with van der Waals surface area (Å²) in [6.45, 7) is 6.04. The standard InChI is InChI=1S/C26H25Cl2N5OS/c1-2-4-17-13-18(7-8-19(17)16-9-11-29-12-10-16)31-26-30-14-20-24(32-26)35-15-33(25(20)34)23-21(27)5-3-6-22(23)28/h2-3,5-8,13-14,16,29H,1,4,9-12,15H2,(H,30,31,32). The number of allylic oxidation sites excluding steroid dienone is 1. The van der Waals surface area contributed by atoms with E-state index in [1.807, 2.05) is 6.08 Å². The number of hydrogen-bond acceptors (Lipinski definition) is 6. The molecule has 0 atom stereocenters. The van der Waals surface area contributed by atoms with Gasteiger partial charge in [-0.15, -0.1) is 6.58 Å². The molecule has 2 aliphatic rings. The summed E-state index contributed by atoms with van der Waals surface area (Å²) < 4.78 is 0. The molecule has 0 aliphatic carbocycles. The molecule has 1 saturated heterocycles. The number of fused-ring (bicyclic) bond motifs is 1. The molecule has 180 valence electrons. The topological polar surface area (TPSA) is 70.2 Å². The van der Waals surface area contributed by atoms with E-state index in [2.05, 4.69) is 45.4 Å². The molecule has 6 nitrogen and oxygen atoms in total. The van der Waals surface area contributed by atoms with Gasteiger partial charge in [0.2, 0.25) is 5.95 Å². The van der Waals surface area contributed by atoms with E-state index in [1.165, 1.54) is 22.9 Å². The van der Waals surface area contributed by atoms with Crippen LogP contribution in [0.4, 0.5) is 17.3 Å². The Morgan fingerprint density at radius 2 is 1.97 bits per heavy atom. The first-order valence-corrected chi connectivity index (χ1v) is 13.3. The highest BCUT2D eigenvalue weighted by Gasteiger charge is 2.30. The minimum Gasteiger partial charge on any atom is -0.324 e. The van der Waals surface area contributed by atoms with Gasteiger partial charge in [0.05, 0.1) is 27.2 Å². The molecule has 1 amide bonds. The van der Waals surface area contributed by atoms with E-state index in [-0.39, 0.29) is 5.91 Å². The molecule has 9 heteroatoms. The van der Waals surface area contributed by atoms with Gasteiger partial charge in [0.1, 0.15) is 5.03 Å². The fraction of sp³-hybridized carbons (Fsp3) is 0.269. The van der Waals surface area contributed by atoms with E-state index in [0.29, 0.717) is 44.1 Å². The Balaban J connectivity index is 1.37. The highest BCUT2D eigenvalue weighted by atomic mass is 35.5. The second-order valence-corrected chi connectivity index (χ2v) is 10.3. The number of hydrogen-bond donors (Lipinski definition) is 2. The monoisotopic (exact) mass is 525 g/mol. The number of halogens is 2. The van der Waals surface area contributed by atoms with Crippen LogP contribution in [0.1, 0.15) is 40.2 Å². The zero-order valence-corrected chi connectivity index (χ0v) is 21.4. The number of thioether (sulfide) groups is 1. The lowest BCUT2D eigenvalue weighted by Crippen LogP contribution is -2.35. The Morgan fingerprint density at radius 1 is 1.20 bits per heavy atom. The van der Waals surface area contributed by atoms with Crippen molar-refractivity contribution in [3.05, 3.63) is 82.0 Å². The average Bonchev–Trinajstić information content (AvgIpc) is 2.86. The largest absolute Gasteiger partial charge is 0.324 e. The number of carbonyl (C=O) groups is 1. The van der Waals surface area contributed by atoms with Crippen LogP contribution in [0.25, 0.3) is 0 Å². The van der Waals surface area contributed by atoms with Crippen LogP contribution in [0.2, 0.25) is 10.0 Å². The van der Waals surface area contributed by atoms with Crippen molar-refractivity contribution in [1.82, 2.24) is 15.3 Å². The summed E-state index contributed by atoms with van der Waals surface area (Å²) in [5.41, 5.74) is 4.51. The number of aromatic nitrogens is 2. The molecule has 0 saturated carbocycles. The lowest BCUT2D eigenvalue weighted by Gasteiger charge is -2.28. The predicted molar refractivity (Wildman–Crippen MR) is 144 cm³/mol. The summed E-state index contributed by atoms with van der Waals surface area (Å²) in [7, 11) is 0. The number of anilines is 3. The van der Waals surface area contributed by atoms with Crippen LogP contribution >= 0.6 is 35.0 Å². The summed E-state index contributed by atoms with van der Waals surface area (Å²) in [5.74, 6) is 1.16. The Hall–Kier alpha value is -2.58. The Morgan fingerprint density at radius 3 is 2.71 bits per heavy atom. The smallest absolute Gasteiger partial charge is 0.263 e. The van der Waals surface area contributed by atoms with Crippen molar-refractivity contribution in [2.45, 2.75) is 30.2 Å². The van der Waals surface area contributed by atoms with Crippen molar-refractivity contribution < 1.29 is 4.79 Å². The lowest BCUT2D eigenvalue weighted by atomic mass is 9.86. The number of carbonyl (C=O) groups excluding carboxylic acids is 1. The third-order valence-corrected chi connectivity index (χ3v) is 7.89. The number of piperidine rings is 1. The second-order valence-electron chi connectivity index (χ2n) is 8.54. The van der Waals surface area contributed by atoms with Gasteiger partial charge in [-0.2, -0.15) is 0 Å². The number of nitrogens with zero attached hydrogens (tertiary/aromatic N) is 3. The summed E-state index contributed by atoms with van der Waals surface area (Å²) in [6.07, 6.45) is 6.60. The molecular weight excluding hydrogens is 501 g/mol. The molecular formula is C26H25Cl2N5OS. The molecule has 0 bridgehead atoms. The van der Waals surface area contributed by atoms with Crippen LogP contribution < -0.4 is 15.5 Å². The molecule has 1 aromatic heterocycles. The van der Waals surface area contributed by atoms with Gasteiger partial charge in [-0.1, -0.05) is 53.2 Å². The first-order chi connectivity index (χ1) is 17.0. The molecule has 0 radical (unpaired) electrons. The first-order valence-electron chi connectivity index (χ1n) is 11.5. The van der Waals surface area contributed by atoms with Crippen molar-refractivity contribution in [3.8, 4) is 0 Å². The molecule has 3 aromatic rings. The Bertz CT molecular complexity index is 1260. The van der Waals surface area contributed by atoms with Gasteiger partial charge in [0, 0.05) is 11.9 Å². The van der Waals surface area contributed by atoms with Gasteiger partial charge in [-0.05, 0) is 73.7 Å². The van der Waals surface area contributed by atoms with Gasteiger partial charge in [-0.25, -0.2) is 9.97 Å². The van der Waals surface area contributed by atoms with Crippen LogP contribution in [0.5, 0.6) is 0 Å². The number of amides is 1. The van der Waals surface area contributed by atoms with Crippen molar-refractivity contribution in [2.75, 3.05) is 29.2 Å². The lowest BCUT2D eigenvalue weighted by molar-refractivity contribution is 0.0985. The van der Waals surface area contributed by atoms with Crippen molar-refractivity contribution in [2.24, 2.45) is 0 Å². The van der Waals surface area contributed by atoms with E-state index in [1.54, 1.807) is 29.3 Å². The quantitative estimate of drug-likeness (QED) is 0.285. The minimum atomic E-state index is -0.222. The van der Waals surface area contributed by atoms with Gasteiger partial charge >= 0.3 is 0 Å². The minimum absolute atomic E-state index is 0.222. The van der Waals surface area contributed by atoms with Gasteiger partial charge in [-0.3, -0.25) is 9.69 Å². The number of para-hydroxylation sites is 1. The SMILES string of the molecule is C=CCc1cc(Nc2ncc3c(n2)SCN(c2c(Cl)cccc2Cl)C3=O)ccc1C1CCNCC1. The summed E-state index contributed by atoms with van der Waals surface area (Å²) in [5, 5.41) is 8.23. The highest BCUT2D eigenvalue weighted by molar-refractivity contribution is 7.99. The van der Waals surface area contributed by atoms with Crippen molar-refractivity contribution in [3.63, 3.8) is 0 Å². The van der Waals surface area contributed by atoms with Gasteiger partial charge in [0.25, 0.3) is 5.91 Å². The van der Waals surface area contributed by atoms with E-state index in [0.717, 1.165) is 38.0 Å². The zero-order valence-electron chi connectivity index (χ0n) is 19.1. The van der Waals surface area contributed by atoms with Crippen LogP contribution in [-0.2, 0) is 6.42 Å². The number of benzene rings is 2. The Kier molecular flexibility index (Phi) is 7.29. The Labute approximate surface area is 219 Å².